The van der Waals surface area contributed by atoms with Crippen molar-refractivity contribution in [2.75, 3.05) is 0 Å². The summed E-state index contributed by atoms with van der Waals surface area (Å²) in [5, 5.41) is 1.78. The third-order valence-electron chi connectivity index (χ3n) is 3.99. The number of sulfonamides is 1. The molecule has 0 radical (unpaired) electrons. The molecule has 3 aromatic rings. The van der Waals surface area contributed by atoms with E-state index in [4.69, 9.17) is 0 Å². The van der Waals surface area contributed by atoms with Gasteiger partial charge in [-0.3, -0.25) is 0 Å². The van der Waals surface area contributed by atoms with Crippen molar-refractivity contribution in [1.82, 2.24) is 4.72 Å². The number of benzene rings is 3. The number of fused-ring (bicyclic) bond motifs is 1. The molecule has 0 heterocycles. The highest BCUT2D eigenvalue weighted by Crippen LogP contribution is 2.24. The molecule has 0 aliphatic rings. The second kappa shape index (κ2) is 6.19. The lowest BCUT2D eigenvalue weighted by molar-refractivity contribution is -0.112. The number of rotatable bonds is 5. The van der Waals surface area contributed by atoms with Gasteiger partial charge in [0.25, 0.3) is 0 Å². The highest BCUT2D eigenvalue weighted by Gasteiger charge is 2.32. The van der Waals surface area contributed by atoms with Crippen LogP contribution in [0.15, 0.2) is 77.7 Å². The zero-order valence-electron chi connectivity index (χ0n) is 13.1. The zero-order chi connectivity index (χ0) is 17.2. The van der Waals surface area contributed by atoms with Crippen molar-refractivity contribution in [2.45, 2.75) is 17.4 Å². The van der Waals surface area contributed by atoms with Gasteiger partial charge in [-0.25, -0.2) is 8.42 Å². The van der Waals surface area contributed by atoms with Gasteiger partial charge in [-0.2, -0.15) is 4.72 Å². The second-order valence-electron chi connectivity index (χ2n) is 5.80. The monoisotopic (exact) mass is 339 g/mol. The van der Waals surface area contributed by atoms with Crippen molar-refractivity contribution in [1.29, 1.82) is 0 Å². The van der Waals surface area contributed by atoms with Crippen LogP contribution >= 0.6 is 0 Å². The number of hydrogen-bond donors (Lipinski definition) is 1. The van der Waals surface area contributed by atoms with Crippen LogP contribution in [0.1, 0.15) is 12.5 Å². The molecule has 0 aliphatic carbocycles. The van der Waals surface area contributed by atoms with Crippen LogP contribution in [0.2, 0.25) is 0 Å². The average molecular weight is 339 g/mol. The predicted molar refractivity (Wildman–Crippen MR) is 94.1 cm³/mol. The van der Waals surface area contributed by atoms with Gasteiger partial charge in [0, 0.05) is 0 Å². The molecule has 122 valence electrons. The summed E-state index contributed by atoms with van der Waals surface area (Å²) >= 11 is 0. The summed E-state index contributed by atoms with van der Waals surface area (Å²) in [5.74, 6) is 0. The van der Waals surface area contributed by atoms with Gasteiger partial charge in [-0.1, -0.05) is 60.7 Å². The van der Waals surface area contributed by atoms with Crippen molar-refractivity contribution in [2.24, 2.45) is 0 Å². The van der Waals surface area contributed by atoms with Crippen LogP contribution in [0.3, 0.4) is 0 Å². The molecule has 0 fully saturated rings. The van der Waals surface area contributed by atoms with E-state index in [9.17, 15) is 13.2 Å². The minimum absolute atomic E-state index is 0.130. The Hall–Kier alpha value is -2.50. The fourth-order valence-electron chi connectivity index (χ4n) is 2.61. The summed E-state index contributed by atoms with van der Waals surface area (Å²) in [7, 11) is -3.85. The van der Waals surface area contributed by atoms with Gasteiger partial charge in [-0.15, -0.1) is 0 Å². The molecule has 3 aromatic carbocycles. The first-order chi connectivity index (χ1) is 11.4. The van der Waals surface area contributed by atoms with E-state index < -0.39 is 15.6 Å². The molecule has 1 unspecified atom stereocenters. The summed E-state index contributed by atoms with van der Waals surface area (Å²) in [5.41, 5.74) is -0.740. The second-order valence-corrected chi connectivity index (χ2v) is 7.48. The fraction of sp³-hybridized carbons (Fsp3) is 0.105. The Morgan fingerprint density at radius 3 is 2.17 bits per heavy atom. The van der Waals surface area contributed by atoms with Crippen molar-refractivity contribution < 1.29 is 13.2 Å². The maximum Gasteiger partial charge on any atom is 0.241 e. The molecule has 1 N–H and O–H groups in total. The standard InChI is InChI=1S/C19H17NO3S/c1-19(14-21,17-9-3-2-4-10-17)20-24(22,23)18-12-11-15-7-5-6-8-16(15)13-18/h2-14,20H,1H3. The summed E-state index contributed by atoms with van der Waals surface area (Å²) in [6.45, 7) is 1.55. The van der Waals surface area contributed by atoms with E-state index in [0.29, 0.717) is 11.8 Å². The minimum Gasteiger partial charge on any atom is -0.301 e. The predicted octanol–water partition coefficient (Wildman–Crippen LogP) is 3.23. The van der Waals surface area contributed by atoms with E-state index in [2.05, 4.69) is 4.72 Å². The van der Waals surface area contributed by atoms with E-state index in [1.54, 1.807) is 49.4 Å². The summed E-state index contributed by atoms with van der Waals surface area (Å²) in [6, 6.07) is 21.2. The lowest BCUT2D eigenvalue weighted by Crippen LogP contribution is -2.44. The van der Waals surface area contributed by atoms with Gasteiger partial charge < -0.3 is 4.79 Å². The molecule has 0 saturated heterocycles. The molecule has 0 aliphatic heterocycles. The van der Waals surface area contributed by atoms with Crippen molar-refractivity contribution in [3.8, 4) is 0 Å². The van der Waals surface area contributed by atoms with Crippen LogP contribution < -0.4 is 4.72 Å². The number of carbonyl (C=O) groups is 1. The normalized spacial score (nSPS) is 14.2. The van der Waals surface area contributed by atoms with Gasteiger partial charge in [0.15, 0.2) is 0 Å². The summed E-state index contributed by atoms with van der Waals surface area (Å²) < 4.78 is 28.0. The molecule has 3 rings (SSSR count). The molecule has 0 aromatic heterocycles. The summed E-state index contributed by atoms with van der Waals surface area (Å²) in [4.78, 5) is 11.8. The van der Waals surface area contributed by atoms with Gasteiger partial charge in [0.1, 0.15) is 11.8 Å². The first-order valence-corrected chi connectivity index (χ1v) is 8.98. The largest absolute Gasteiger partial charge is 0.301 e. The zero-order valence-corrected chi connectivity index (χ0v) is 14.0. The molecule has 0 saturated carbocycles. The fourth-order valence-corrected chi connectivity index (χ4v) is 3.98. The Balaban J connectivity index is 2.01. The number of nitrogens with one attached hydrogen (secondary N) is 1. The molecular formula is C19H17NO3S. The van der Waals surface area contributed by atoms with Crippen molar-refractivity contribution in [3.63, 3.8) is 0 Å². The smallest absolute Gasteiger partial charge is 0.241 e. The molecule has 5 heteroatoms. The van der Waals surface area contributed by atoms with Crippen LogP contribution in [0.5, 0.6) is 0 Å². The molecule has 4 nitrogen and oxygen atoms in total. The topological polar surface area (TPSA) is 63.2 Å². The molecule has 24 heavy (non-hydrogen) atoms. The van der Waals surface area contributed by atoms with Crippen LogP contribution in [0, 0.1) is 0 Å². The molecule has 0 spiro atoms. The number of aldehydes is 1. The first-order valence-electron chi connectivity index (χ1n) is 7.49. The van der Waals surface area contributed by atoms with E-state index in [0.717, 1.165) is 10.8 Å². The Labute approximate surface area is 141 Å². The molecular weight excluding hydrogens is 322 g/mol. The van der Waals surface area contributed by atoms with Gasteiger partial charge >= 0.3 is 0 Å². The van der Waals surface area contributed by atoms with Gasteiger partial charge in [0.05, 0.1) is 4.90 Å². The minimum atomic E-state index is -3.85. The highest BCUT2D eigenvalue weighted by molar-refractivity contribution is 7.89. The van der Waals surface area contributed by atoms with Crippen molar-refractivity contribution in [3.05, 3.63) is 78.4 Å². The molecule has 1 atom stereocenters. The highest BCUT2D eigenvalue weighted by atomic mass is 32.2. The number of carbonyl (C=O) groups excluding carboxylic acids is 1. The third-order valence-corrected chi connectivity index (χ3v) is 5.55. The van der Waals surface area contributed by atoms with Crippen LogP contribution in [-0.4, -0.2) is 14.7 Å². The van der Waals surface area contributed by atoms with Crippen molar-refractivity contribution >= 4 is 27.1 Å². The maximum absolute atomic E-state index is 12.8. The van der Waals surface area contributed by atoms with E-state index >= 15 is 0 Å². The Bertz CT molecular complexity index is 984. The molecule has 0 bridgehead atoms. The average Bonchev–Trinajstić information content (AvgIpc) is 2.61. The van der Waals surface area contributed by atoms with E-state index in [1.165, 1.54) is 0 Å². The Morgan fingerprint density at radius 1 is 0.875 bits per heavy atom. The van der Waals surface area contributed by atoms with Crippen LogP contribution in [0.4, 0.5) is 0 Å². The summed E-state index contributed by atoms with van der Waals surface area (Å²) in [6.07, 6.45) is 0.612. The lowest BCUT2D eigenvalue weighted by Gasteiger charge is -2.25. The quantitative estimate of drug-likeness (QED) is 0.726. The first kappa shape index (κ1) is 16.4. The SMILES string of the molecule is CC(C=O)(NS(=O)(=O)c1ccc2ccccc2c1)c1ccccc1. The van der Waals surface area contributed by atoms with E-state index in [1.807, 2.05) is 30.3 Å². The van der Waals surface area contributed by atoms with E-state index in [-0.39, 0.29) is 4.90 Å². The number of hydrogen-bond acceptors (Lipinski definition) is 3. The third kappa shape index (κ3) is 3.09. The van der Waals surface area contributed by atoms with Gasteiger partial charge in [0.2, 0.25) is 10.0 Å². The molecule has 0 amide bonds. The van der Waals surface area contributed by atoms with Gasteiger partial charge in [-0.05, 0) is 35.4 Å². The maximum atomic E-state index is 12.8. The Morgan fingerprint density at radius 2 is 1.50 bits per heavy atom. The lowest BCUT2D eigenvalue weighted by atomic mass is 9.95. The van der Waals surface area contributed by atoms with Crippen LogP contribution in [-0.2, 0) is 20.4 Å². The Kier molecular flexibility index (Phi) is 4.22. The van der Waals surface area contributed by atoms with Crippen LogP contribution in [0.25, 0.3) is 10.8 Å².